The van der Waals surface area contributed by atoms with E-state index in [0.29, 0.717) is 50.4 Å². The smallest absolute Gasteiger partial charge is 0.256 e. The van der Waals surface area contributed by atoms with Gasteiger partial charge in [-0.1, -0.05) is 74.5 Å². The van der Waals surface area contributed by atoms with E-state index in [0.717, 1.165) is 23.2 Å². The van der Waals surface area contributed by atoms with Gasteiger partial charge < -0.3 is 20.0 Å². The Morgan fingerprint density at radius 3 is 2.13 bits per heavy atom. The fourth-order valence-electron chi connectivity index (χ4n) is 5.07. The number of amides is 3. The van der Waals surface area contributed by atoms with Crippen LogP contribution in [-0.4, -0.2) is 60.7 Å². The summed E-state index contributed by atoms with van der Waals surface area (Å²) in [5, 5.41) is 2.88. The first-order valence-corrected chi connectivity index (χ1v) is 13.7. The quantitative estimate of drug-likeness (QED) is 0.419. The Balaban J connectivity index is 1.52. The zero-order valence-corrected chi connectivity index (χ0v) is 23.1. The fraction of sp³-hybridized carbons (Fsp3) is 0.344. The zero-order chi connectivity index (χ0) is 27.8. The number of rotatable bonds is 9. The van der Waals surface area contributed by atoms with Crippen molar-refractivity contribution in [3.63, 3.8) is 0 Å². The van der Waals surface area contributed by atoms with E-state index in [-0.39, 0.29) is 23.6 Å². The molecule has 0 bridgehead atoms. The molecule has 204 valence electrons. The van der Waals surface area contributed by atoms with Gasteiger partial charge >= 0.3 is 0 Å². The number of hydrogen-bond donors (Lipinski definition) is 1. The van der Waals surface area contributed by atoms with Crippen molar-refractivity contribution in [3.8, 4) is 0 Å². The molecule has 1 saturated heterocycles. The molecule has 0 aliphatic carbocycles. The van der Waals surface area contributed by atoms with Crippen molar-refractivity contribution in [1.82, 2.24) is 9.80 Å². The van der Waals surface area contributed by atoms with Crippen LogP contribution in [0.3, 0.4) is 0 Å². The van der Waals surface area contributed by atoms with Crippen molar-refractivity contribution >= 4 is 29.1 Å². The van der Waals surface area contributed by atoms with Crippen LogP contribution in [0.15, 0.2) is 78.9 Å². The highest BCUT2D eigenvalue weighted by atomic mass is 16.2. The van der Waals surface area contributed by atoms with Crippen molar-refractivity contribution < 1.29 is 14.4 Å². The SMILES string of the molecule is CCC(=O)Nc1ccc(N2CCN(C(=O)C(CC)c3ccccc3)CC2)c(C(=O)N(C)Cc2ccccc2)c1. The van der Waals surface area contributed by atoms with E-state index < -0.39 is 0 Å². The number of hydrogen-bond acceptors (Lipinski definition) is 4. The first-order valence-electron chi connectivity index (χ1n) is 13.7. The van der Waals surface area contributed by atoms with Gasteiger partial charge in [0.2, 0.25) is 11.8 Å². The third-order valence-corrected chi connectivity index (χ3v) is 7.28. The van der Waals surface area contributed by atoms with Crippen molar-refractivity contribution in [1.29, 1.82) is 0 Å². The monoisotopic (exact) mass is 526 g/mol. The molecule has 3 amide bonds. The van der Waals surface area contributed by atoms with Crippen LogP contribution < -0.4 is 10.2 Å². The van der Waals surface area contributed by atoms with Gasteiger partial charge in [0.25, 0.3) is 5.91 Å². The highest BCUT2D eigenvalue weighted by Gasteiger charge is 2.29. The van der Waals surface area contributed by atoms with Crippen molar-refractivity contribution in [2.24, 2.45) is 0 Å². The van der Waals surface area contributed by atoms with E-state index in [2.05, 4.69) is 17.1 Å². The lowest BCUT2D eigenvalue weighted by molar-refractivity contribution is -0.133. The summed E-state index contributed by atoms with van der Waals surface area (Å²) in [7, 11) is 1.79. The summed E-state index contributed by atoms with van der Waals surface area (Å²) in [6, 6.07) is 25.3. The molecular formula is C32H38N4O3. The molecule has 1 aliphatic heterocycles. The number of anilines is 2. The summed E-state index contributed by atoms with van der Waals surface area (Å²) >= 11 is 0. The molecule has 7 nitrogen and oxygen atoms in total. The Bertz CT molecular complexity index is 1270. The summed E-state index contributed by atoms with van der Waals surface area (Å²) in [5.41, 5.74) is 4.05. The maximum absolute atomic E-state index is 13.7. The fourth-order valence-corrected chi connectivity index (χ4v) is 5.07. The van der Waals surface area contributed by atoms with Crippen molar-refractivity contribution in [2.75, 3.05) is 43.4 Å². The Kier molecular flexibility index (Phi) is 9.36. The maximum Gasteiger partial charge on any atom is 0.256 e. The van der Waals surface area contributed by atoms with Gasteiger partial charge in [0, 0.05) is 57.6 Å². The second kappa shape index (κ2) is 13.1. The lowest BCUT2D eigenvalue weighted by Gasteiger charge is -2.38. The van der Waals surface area contributed by atoms with Crippen molar-refractivity contribution in [3.05, 3.63) is 95.6 Å². The molecule has 1 heterocycles. The molecule has 0 saturated carbocycles. The number of carbonyl (C=O) groups excluding carboxylic acids is 3. The lowest BCUT2D eigenvalue weighted by Crippen LogP contribution is -2.50. The van der Waals surface area contributed by atoms with Crippen LogP contribution in [0.4, 0.5) is 11.4 Å². The molecule has 3 aromatic carbocycles. The predicted octanol–water partition coefficient (Wildman–Crippen LogP) is 5.15. The summed E-state index contributed by atoms with van der Waals surface area (Å²) in [6.45, 7) is 6.75. The molecule has 1 atom stereocenters. The molecular weight excluding hydrogens is 488 g/mol. The second-order valence-corrected chi connectivity index (χ2v) is 9.96. The summed E-state index contributed by atoms with van der Waals surface area (Å²) < 4.78 is 0. The van der Waals surface area contributed by atoms with E-state index in [1.54, 1.807) is 24.9 Å². The first kappa shape index (κ1) is 27.9. The van der Waals surface area contributed by atoms with Gasteiger partial charge in [-0.15, -0.1) is 0 Å². The second-order valence-electron chi connectivity index (χ2n) is 9.96. The van der Waals surface area contributed by atoms with Crippen LogP contribution in [0, 0.1) is 0 Å². The molecule has 3 aromatic rings. The van der Waals surface area contributed by atoms with Crippen LogP contribution in [0.25, 0.3) is 0 Å². The van der Waals surface area contributed by atoms with Crippen LogP contribution in [0.1, 0.15) is 54.1 Å². The Hall–Kier alpha value is -4.13. The van der Waals surface area contributed by atoms with Crippen LogP contribution in [0.2, 0.25) is 0 Å². The highest BCUT2D eigenvalue weighted by Crippen LogP contribution is 2.29. The first-order chi connectivity index (χ1) is 18.9. The number of nitrogens with zero attached hydrogens (tertiary/aromatic N) is 3. The van der Waals surface area contributed by atoms with Gasteiger partial charge in [0.1, 0.15) is 0 Å². The molecule has 1 aliphatic rings. The zero-order valence-electron chi connectivity index (χ0n) is 23.1. The molecule has 39 heavy (non-hydrogen) atoms. The number of carbonyl (C=O) groups is 3. The Labute approximate surface area is 231 Å². The largest absolute Gasteiger partial charge is 0.367 e. The van der Waals surface area contributed by atoms with Gasteiger partial charge in [0.05, 0.1) is 11.5 Å². The molecule has 0 aromatic heterocycles. The molecule has 0 spiro atoms. The normalized spacial score (nSPS) is 14.0. The van der Waals surface area contributed by atoms with Gasteiger partial charge in [-0.2, -0.15) is 0 Å². The maximum atomic E-state index is 13.7. The minimum Gasteiger partial charge on any atom is -0.367 e. The topological polar surface area (TPSA) is 73.0 Å². The Morgan fingerprint density at radius 1 is 0.872 bits per heavy atom. The van der Waals surface area contributed by atoms with E-state index in [9.17, 15) is 14.4 Å². The average molecular weight is 527 g/mol. The van der Waals surface area contributed by atoms with E-state index >= 15 is 0 Å². The van der Waals surface area contributed by atoms with Crippen LogP contribution in [0.5, 0.6) is 0 Å². The van der Waals surface area contributed by atoms with Gasteiger partial charge in [-0.3, -0.25) is 14.4 Å². The third-order valence-electron chi connectivity index (χ3n) is 7.28. The summed E-state index contributed by atoms with van der Waals surface area (Å²) in [6.07, 6.45) is 1.11. The molecule has 0 radical (unpaired) electrons. The van der Waals surface area contributed by atoms with Crippen LogP contribution in [-0.2, 0) is 16.1 Å². The van der Waals surface area contributed by atoms with Gasteiger partial charge in [-0.25, -0.2) is 0 Å². The average Bonchev–Trinajstić information content (AvgIpc) is 2.98. The van der Waals surface area contributed by atoms with E-state index in [4.69, 9.17) is 0 Å². The molecule has 1 unspecified atom stereocenters. The molecule has 1 N–H and O–H groups in total. The minimum absolute atomic E-state index is 0.102. The number of piperazine rings is 1. The summed E-state index contributed by atoms with van der Waals surface area (Å²) in [4.78, 5) is 45.0. The van der Waals surface area contributed by atoms with E-state index in [1.807, 2.05) is 77.7 Å². The standard InChI is InChI=1S/C32H38N4O3/c1-4-27(25-14-10-7-11-15-25)32(39)36-20-18-35(19-21-36)29-17-16-26(33-30(37)5-2)22-28(29)31(38)34(3)23-24-12-8-6-9-13-24/h6-17,22,27H,4-5,18-21,23H2,1-3H3,(H,33,37). The lowest BCUT2D eigenvalue weighted by atomic mass is 9.94. The van der Waals surface area contributed by atoms with Crippen molar-refractivity contribution in [2.45, 2.75) is 39.2 Å². The number of nitrogens with one attached hydrogen (secondary N) is 1. The molecule has 4 rings (SSSR count). The summed E-state index contributed by atoms with van der Waals surface area (Å²) in [5.74, 6) is -0.215. The molecule has 7 heteroatoms. The van der Waals surface area contributed by atoms with E-state index in [1.165, 1.54) is 0 Å². The third kappa shape index (κ3) is 6.85. The minimum atomic E-state index is -0.150. The van der Waals surface area contributed by atoms with Gasteiger partial charge in [-0.05, 0) is 35.7 Å². The predicted molar refractivity (Wildman–Crippen MR) is 156 cm³/mol. The van der Waals surface area contributed by atoms with Gasteiger partial charge in [0.15, 0.2) is 0 Å². The van der Waals surface area contributed by atoms with Crippen LogP contribution >= 0.6 is 0 Å². The number of benzene rings is 3. The molecule has 1 fully saturated rings. The highest BCUT2D eigenvalue weighted by molar-refractivity contribution is 6.02. The Morgan fingerprint density at radius 2 is 1.51 bits per heavy atom.